The molecule has 5 rings (SSSR count). The number of carbonyl (C=O) groups is 1. The molecule has 2 aromatic heterocycles. The van der Waals surface area contributed by atoms with Gasteiger partial charge in [-0.2, -0.15) is 0 Å². The van der Waals surface area contributed by atoms with Crippen molar-refractivity contribution in [3.63, 3.8) is 0 Å². The lowest BCUT2D eigenvalue weighted by atomic mass is 10.1. The highest BCUT2D eigenvalue weighted by atomic mass is 16.2. The Morgan fingerprint density at radius 3 is 2.47 bits per heavy atom. The first-order valence-electron chi connectivity index (χ1n) is 10.3. The van der Waals surface area contributed by atoms with Crippen LogP contribution in [0.2, 0.25) is 0 Å². The van der Waals surface area contributed by atoms with E-state index in [0.717, 1.165) is 35.5 Å². The Morgan fingerprint density at radius 2 is 1.70 bits per heavy atom. The number of piperazine rings is 1. The van der Waals surface area contributed by atoms with E-state index < -0.39 is 0 Å². The van der Waals surface area contributed by atoms with Gasteiger partial charge >= 0.3 is 0 Å². The molecule has 0 bridgehead atoms. The fourth-order valence-corrected chi connectivity index (χ4v) is 4.22. The number of H-pyrrole nitrogens is 1. The van der Waals surface area contributed by atoms with E-state index in [0.29, 0.717) is 26.2 Å². The van der Waals surface area contributed by atoms with Crippen LogP contribution in [0.15, 0.2) is 41.7 Å². The predicted molar refractivity (Wildman–Crippen MR) is 114 cm³/mol. The lowest BCUT2D eigenvalue weighted by Crippen LogP contribution is -2.49. The number of hydrogen-bond acceptors (Lipinski definition) is 7. The summed E-state index contributed by atoms with van der Waals surface area (Å²) in [5.41, 5.74) is 1.92. The predicted octanol–water partition coefficient (Wildman–Crippen LogP) is 1.28. The van der Waals surface area contributed by atoms with Crippen LogP contribution in [0.5, 0.6) is 0 Å². The number of nitrogens with zero attached hydrogens (tertiary/aromatic N) is 6. The Kier molecular flexibility index (Phi) is 4.78. The molecule has 9 heteroatoms. The van der Waals surface area contributed by atoms with Gasteiger partial charge in [0.1, 0.15) is 17.8 Å². The zero-order chi connectivity index (χ0) is 20.5. The highest BCUT2D eigenvalue weighted by Crippen LogP contribution is 2.30. The van der Waals surface area contributed by atoms with Crippen LogP contribution in [0.1, 0.15) is 23.3 Å². The number of fused-ring (bicyclic) bond motifs is 1. The SMILES string of the molecule is O=C(c1cc(=O)[nH]cn1)N1CCN(c2ccc3ncnc(N4CCCC4)c3c2)CC1. The van der Waals surface area contributed by atoms with E-state index >= 15 is 0 Å². The zero-order valence-corrected chi connectivity index (χ0v) is 16.6. The fraction of sp³-hybridized carbons (Fsp3) is 0.381. The fourth-order valence-electron chi connectivity index (χ4n) is 4.22. The average molecular weight is 405 g/mol. The number of rotatable bonds is 3. The molecule has 0 spiro atoms. The quantitative estimate of drug-likeness (QED) is 0.701. The largest absolute Gasteiger partial charge is 0.368 e. The maximum atomic E-state index is 12.6. The minimum Gasteiger partial charge on any atom is -0.368 e. The van der Waals surface area contributed by atoms with Crippen LogP contribution in [0.25, 0.3) is 10.9 Å². The van der Waals surface area contributed by atoms with Crippen molar-refractivity contribution in [2.24, 2.45) is 0 Å². The second kappa shape index (κ2) is 7.74. The van der Waals surface area contributed by atoms with Gasteiger partial charge in [0.05, 0.1) is 11.8 Å². The van der Waals surface area contributed by atoms with Gasteiger partial charge in [-0.1, -0.05) is 0 Å². The van der Waals surface area contributed by atoms with E-state index in [4.69, 9.17) is 0 Å². The molecule has 2 saturated heterocycles. The number of aromatic nitrogens is 4. The first kappa shape index (κ1) is 18.5. The highest BCUT2D eigenvalue weighted by molar-refractivity contribution is 5.93. The van der Waals surface area contributed by atoms with E-state index in [1.54, 1.807) is 11.2 Å². The first-order chi connectivity index (χ1) is 14.7. The molecule has 3 aromatic rings. The highest BCUT2D eigenvalue weighted by Gasteiger charge is 2.24. The Morgan fingerprint density at radius 1 is 0.900 bits per heavy atom. The Bertz CT molecular complexity index is 1130. The lowest BCUT2D eigenvalue weighted by molar-refractivity contribution is 0.0740. The van der Waals surface area contributed by atoms with Crippen LogP contribution in [-0.2, 0) is 0 Å². The van der Waals surface area contributed by atoms with E-state index in [1.165, 1.54) is 25.2 Å². The minimum atomic E-state index is -0.320. The number of hydrogen-bond donors (Lipinski definition) is 1. The van der Waals surface area contributed by atoms with Crippen molar-refractivity contribution in [3.8, 4) is 0 Å². The van der Waals surface area contributed by atoms with E-state index in [-0.39, 0.29) is 17.2 Å². The van der Waals surface area contributed by atoms with Crippen molar-refractivity contribution in [2.75, 3.05) is 49.1 Å². The molecule has 1 amide bonds. The van der Waals surface area contributed by atoms with Gasteiger partial charge in [-0.05, 0) is 31.0 Å². The van der Waals surface area contributed by atoms with Crippen LogP contribution < -0.4 is 15.4 Å². The Balaban J connectivity index is 1.34. The summed E-state index contributed by atoms with van der Waals surface area (Å²) >= 11 is 0. The van der Waals surface area contributed by atoms with Gasteiger partial charge in [0.25, 0.3) is 11.5 Å². The molecular weight excluding hydrogens is 382 g/mol. The summed E-state index contributed by atoms with van der Waals surface area (Å²) in [5.74, 6) is 0.803. The molecule has 0 aliphatic carbocycles. The maximum absolute atomic E-state index is 12.6. The summed E-state index contributed by atoms with van der Waals surface area (Å²) in [7, 11) is 0. The number of benzene rings is 1. The summed E-state index contributed by atoms with van der Waals surface area (Å²) in [6.07, 6.45) is 5.30. The molecule has 9 nitrogen and oxygen atoms in total. The van der Waals surface area contributed by atoms with Gasteiger partial charge in [0.2, 0.25) is 0 Å². The minimum absolute atomic E-state index is 0.185. The summed E-state index contributed by atoms with van der Waals surface area (Å²) < 4.78 is 0. The van der Waals surface area contributed by atoms with Crippen LogP contribution in [0, 0.1) is 0 Å². The molecule has 0 atom stereocenters. The number of anilines is 2. The molecular formula is C21H23N7O2. The number of aromatic amines is 1. The average Bonchev–Trinajstić information content (AvgIpc) is 3.33. The van der Waals surface area contributed by atoms with Crippen LogP contribution in [0.4, 0.5) is 11.5 Å². The molecule has 1 aromatic carbocycles. The van der Waals surface area contributed by atoms with E-state index in [9.17, 15) is 9.59 Å². The zero-order valence-electron chi connectivity index (χ0n) is 16.6. The summed E-state index contributed by atoms with van der Waals surface area (Å²) in [4.78, 5) is 45.9. The third-order valence-electron chi connectivity index (χ3n) is 5.83. The number of amides is 1. The van der Waals surface area contributed by atoms with Crippen molar-refractivity contribution < 1.29 is 4.79 Å². The molecule has 2 fully saturated rings. The molecule has 0 unspecified atom stereocenters. The number of carbonyl (C=O) groups excluding carboxylic acids is 1. The second-order valence-electron chi connectivity index (χ2n) is 7.67. The summed E-state index contributed by atoms with van der Waals surface area (Å²) in [6, 6.07) is 7.54. The molecule has 4 heterocycles. The maximum Gasteiger partial charge on any atom is 0.272 e. The number of nitrogens with one attached hydrogen (secondary N) is 1. The second-order valence-corrected chi connectivity index (χ2v) is 7.67. The van der Waals surface area contributed by atoms with Crippen molar-refractivity contribution in [3.05, 3.63) is 53.0 Å². The molecule has 2 aliphatic heterocycles. The smallest absolute Gasteiger partial charge is 0.272 e. The van der Waals surface area contributed by atoms with Crippen molar-refractivity contribution in [1.82, 2.24) is 24.8 Å². The molecule has 0 saturated carbocycles. The molecule has 1 N–H and O–H groups in total. The van der Waals surface area contributed by atoms with Gasteiger partial charge in [-0.15, -0.1) is 0 Å². The molecule has 30 heavy (non-hydrogen) atoms. The van der Waals surface area contributed by atoms with Crippen LogP contribution in [-0.4, -0.2) is 70.0 Å². The van der Waals surface area contributed by atoms with Gasteiger partial charge in [-0.25, -0.2) is 15.0 Å². The Hall–Kier alpha value is -3.49. The van der Waals surface area contributed by atoms with Crippen LogP contribution in [0.3, 0.4) is 0 Å². The third kappa shape index (κ3) is 3.47. The lowest BCUT2D eigenvalue weighted by Gasteiger charge is -2.36. The van der Waals surface area contributed by atoms with Crippen molar-refractivity contribution in [1.29, 1.82) is 0 Å². The van der Waals surface area contributed by atoms with Gasteiger partial charge < -0.3 is 19.7 Å². The van der Waals surface area contributed by atoms with Crippen LogP contribution >= 0.6 is 0 Å². The van der Waals surface area contributed by atoms with Crippen molar-refractivity contribution >= 4 is 28.3 Å². The Labute approximate surface area is 173 Å². The summed E-state index contributed by atoms with van der Waals surface area (Å²) in [5, 5.41) is 1.07. The molecule has 2 aliphatic rings. The first-order valence-corrected chi connectivity index (χ1v) is 10.3. The van der Waals surface area contributed by atoms with E-state index in [1.807, 2.05) is 6.07 Å². The molecule has 154 valence electrons. The summed E-state index contributed by atoms with van der Waals surface area (Å²) in [6.45, 7) is 4.66. The van der Waals surface area contributed by atoms with E-state index in [2.05, 4.69) is 41.9 Å². The van der Waals surface area contributed by atoms with Gasteiger partial charge in [-0.3, -0.25) is 9.59 Å². The molecule has 0 radical (unpaired) electrons. The monoisotopic (exact) mass is 405 g/mol. The third-order valence-corrected chi connectivity index (χ3v) is 5.83. The van der Waals surface area contributed by atoms with Crippen molar-refractivity contribution in [2.45, 2.75) is 12.8 Å². The standard InChI is InChI=1S/C21H23N7O2/c29-19-12-18(23-13-24-19)21(30)28-9-7-26(8-10-28)15-3-4-17-16(11-15)20(25-14-22-17)27-5-1-2-6-27/h3-4,11-14H,1-2,5-10H2,(H,23,24,29). The van der Waals surface area contributed by atoms with Gasteiger partial charge in [0, 0.05) is 56.4 Å². The van der Waals surface area contributed by atoms with Gasteiger partial charge in [0.15, 0.2) is 0 Å². The topological polar surface area (TPSA) is 98.3 Å². The normalized spacial score (nSPS) is 17.0.